The van der Waals surface area contributed by atoms with Gasteiger partial charge in [-0.2, -0.15) is 0 Å². The molecule has 5 heteroatoms. The van der Waals surface area contributed by atoms with Crippen LogP contribution in [0, 0.1) is 0 Å². The number of hydrogen-bond acceptors (Lipinski definition) is 1. The van der Waals surface area contributed by atoms with Gasteiger partial charge in [-0.3, -0.25) is 4.79 Å². The number of hydrogen-bond donors (Lipinski definition) is 1. The van der Waals surface area contributed by atoms with E-state index in [9.17, 15) is 4.79 Å². The summed E-state index contributed by atoms with van der Waals surface area (Å²) in [5, 5.41) is 1.60. The van der Waals surface area contributed by atoms with Crippen molar-refractivity contribution in [2.24, 2.45) is 0 Å². The van der Waals surface area contributed by atoms with Gasteiger partial charge in [-0.05, 0) is 42.0 Å². The molecule has 0 aliphatic carbocycles. The van der Waals surface area contributed by atoms with Crippen LogP contribution in [-0.4, -0.2) is 22.8 Å². The van der Waals surface area contributed by atoms with Crippen LogP contribution in [0.25, 0.3) is 10.9 Å². The molecule has 0 bridgehead atoms. The molecule has 0 spiro atoms. The topological polar surface area (TPSA) is 36.1 Å². The first kappa shape index (κ1) is 15.1. The van der Waals surface area contributed by atoms with Crippen LogP contribution in [-0.2, 0) is 6.54 Å². The molecule has 0 aliphatic heterocycles. The predicted molar refractivity (Wildman–Crippen MR) is 93.2 cm³/mol. The van der Waals surface area contributed by atoms with Crippen LogP contribution in [0.1, 0.15) is 16.1 Å². The fourth-order valence-electron chi connectivity index (χ4n) is 2.36. The van der Waals surface area contributed by atoms with Gasteiger partial charge in [0.15, 0.2) is 0 Å². The minimum atomic E-state index is -0.0461. The zero-order valence-corrected chi connectivity index (χ0v) is 14.3. The summed E-state index contributed by atoms with van der Waals surface area (Å²) in [5.74, 6) is -0.0461. The molecule has 2 aromatic carbocycles. The Labute approximate surface area is 142 Å². The first-order chi connectivity index (χ1) is 10.5. The van der Waals surface area contributed by atoms with Crippen LogP contribution in [0.15, 0.2) is 53.0 Å². The number of carbonyl (C=O) groups excluding carboxylic acids is 1. The van der Waals surface area contributed by atoms with Gasteiger partial charge in [0.05, 0.1) is 0 Å². The molecule has 1 N–H and O–H groups in total. The van der Waals surface area contributed by atoms with E-state index in [4.69, 9.17) is 11.6 Å². The van der Waals surface area contributed by atoms with Crippen molar-refractivity contribution in [2.45, 2.75) is 6.54 Å². The van der Waals surface area contributed by atoms with Crippen molar-refractivity contribution in [1.29, 1.82) is 0 Å². The van der Waals surface area contributed by atoms with Crippen molar-refractivity contribution in [2.75, 3.05) is 7.05 Å². The second kappa shape index (κ2) is 6.15. The van der Waals surface area contributed by atoms with E-state index in [2.05, 4.69) is 20.9 Å². The monoisotopic (exact) mass is 376 g/mol. The Morgan fingerprint density at radius 2 is 1.91 bits per heavy atom. The van der Waals surface area contributed by atoms with E-state index in [1.165, 1.54) is 0 Å². The maximum atomic E-state index is 12.5. The zero-order valence-electron chi connectivity index (χ0n) is 11.9. The minimum Gasteiger partial charge on any atom is -0.351 e. The number of nitrogens with zero attached hydrogens (tertiary/aromatic N) is 1. The second-order valence-corrected chi connectivity index (χ2v) is 6.55. The number of amides is 1. The van der Waals surface area contributed by atoms with E-state index in [0.717, 1.165) is 20.9 Å². The SMILES string of the molecule is CN(Cc1ccc(Br)cc1)C(=O)c1cc2cc(Cl)ccc2[nH]1. The second-order valence-electron chi connectivity index (χ2n) is 5.20. The van der Waals surface area contributed by atoms with E-state index >= 15 is 0 Å². The van der Waals surface area contributed by atoms with Crippen LogP contribution in [0.5, 0.6) is 0 Å². The Bertz CT molecular complexity index is 826. The molecule has 22 heavy (non-hydrogen) atoms. The Morgan fingerprint density at radius 1 is 1.18 bits per heavy atom. The summed E-state index contributed by atoms with van der Waals surface area (Å²) in [6.07, 6.45) is 0. The Kier molecular flexibility index (Phi) is 4.23. The van der Waals surface area contributed by atoms with Crippen LogP contribution in [0.3, 0.4) is 0 Å². The van der Waals surface area contributed by atoms with Crippen molar-refractivity contribution in [3.05, 3.63) is 69.3 Å². The molecule has 3 nitrogen and oxygen atoms in total. The molecule has 3 aromatic rings. The highest BCUT2D eigenvalue weighted by Crippen LogP contribution is 2.21. The lowest BCUT2D eigenvalue weighted by Crippen LogP contribution is -2.26. The molecule has 0 atom stereocenters. The average Bonchev–Trinajstić information content (AvgIpc) is 2.91. The van der Waals surface area contributed by atoms with Gasteiger partial charge in [0.1, 0.15) is 5.69 Å². The highest BCUT2D eigenvalue weighted by Gasteiger charge is 2.14. The molecule has 0 unspecified atom stereocenters. The van der Waals surface area contributed by atoms with Crippen molar-refractivity contribution >= 4 is 44.3 Å². The van der Waals surface area contributed by atoms with Crippen LogP contribution in [0.4, 0.5) is 0 Å². The largest absolute Gasteiger partial charge is 0.351 e. The summed E-state index contributed by atoms with van der Waals surface area (Å²) in [4.78, 5) is 17.4. The number of benzene rings is 2. The van der Waals surface area contributed by atoms with Crippen molar-refractivity contribution in [3.63, 3.8) is 0 Å². The molecule has 0 saturated carbocycles. The maximum absolute atomic E-state index is 12.5. The Hall–Kier alpha value is -1.78. The van der Waals surface area contributed by atoms with Gasteiger partial charge in [-0.1, -0.05) is 39.7 Å². The van der Waals surface area contributed by atoms with E-state index in [1.54, 1.807) is 18.0 Å². The molecule has 0 fully saturated rings. The molecule has 0 saturated heterocycles. The highest BCUT2D eigenvalue weighted by molar-refractivity contribution is 9.10. The predicted octanol–water partition coefficient (Wildman–Crippen LogP) is 4.86. The average molecular weight is 378 g/mol. The van der Waals surface area contributed by atoms with Crippen molar-refractivity contribution in [3.8, 4) is 0 Å². The van der Waals surface area contributed by atoms with Gasteiger partial charge in [-0.25, -0.2) is 0 Å². The summed E-state index contributed by atoms with van der Waals surface area (Å²) >= 11 is 9.38. The van der Waals surface area contributed by atoms with Crippen LogP contribution in [0.2, 0.25) is 5.02 Å². The number of nitrogens with one attached hydrogen (secondary N) is 1. The van der Waals surface area contributed by atoms with E-state index < -0.39 is 0 Å². The molecular weight excluding hydrogens is 364 g/mol. The number of H-pyrrole nitrogens is 1. The number of rotatable bonds is 3. The summed E-state index contributed by atoms with van der Waals surface area (Å²) in [7, 11) is 1.79. The van der Waals surface area contributed by atoms with Gasteiger partial charge < -0.3 is 9.88 Å². The fraction of sp³-hybridized carbons (Fsp3) is 0.118. The molecule has 1 aromatic heterocycles. The van der Waals surface area contributed by atoms with Crippen LogP contribution < -0.4 is 0 Å². The van der Waals surface area contributed by atoms with Gasteiger partial charge in [0.25, 0.3) is 5.91 Å². The Morgan fingerprint density at radius 3 is 2.64 bits per heavy atom. The Balaban J connectivity index is 1.80. The molecule has 0 radical (unpaired) electrons. The molecule has 112 valence electrons. The van der Waals surface area contributed by atoms with Crippen LogP contribution >= 0.6 is 27.5 Å². The molecular formula is C17H14BrClN2O. The van der Waals surface area contributed by atoms with Crippen molar-refractivity contribution < 1.29 is 4.79 Å². The molecule has 1 amide bonds. The lowest BCUT2D eigenvalue weighted by molar-refractivity contribution is 0.0780. The zero-order chi connectivity index (χ0) is 15.7. The van der Waals surface area contributed by atoms with E-state index in [1.807, 2.05) is 42.5 Å². The van der Waals surface area contributed by atoms with Gasteiger partial charge in [0, 0.05) is 34.0 Å². The fourth-order valence-corrected chi connectivity index (χ4v) is 2.80. The van der Waals surface area contributed by atoms with E-state index in [-0.39, 0.29) is 5.91 Å². The quantitative estimate of drug-likeness (QED) is 0.695. The van der Waals surface area contributed by atoms with Crippen molar-refractivity contribution in [1.82, 2.24) is 9.88 Å². The summed E-state index contributed by atoms with van der Waals surface area (Å²) in [6, 6.07) is 15.3. The normalized spacial score (nSPS) is 10.9. The molecule has 1 heterocycles. The highest BCUT2D eigenvalue weighted by atomic mass is 79.9. The smallest absolute Gasteiger partial charge is 0.270 e. The first-order valence-electron chi connectivity index (χ1n) is 6.81. The summed E-state index contributed by atoms with van der Waals surface area (Å²) in [6.45, 7) is 0.558. The lowest BCUT2D eigenvalue weighted by atomic mass is 10.2. The number of halogens is 2. The van der Waals surface area contributed by atoms with Gasteiger partial charge in [-0.15, -0.1) is 0 Å². The molecule has 0 aliphatic rings. The number of fused-ring (bicyclic) bond motifs is 1. The summed E-state index contributed by atoms with van der Waals surface area (Å²) < 4.78 is 1.03. The van der Waals surface area contributed by atoms with Gasteiger partial charge in [0.2, 0.25) is 0 Å². The molecule has 3 rings (SSSR count). The standard InChI is InChI=1S/C17H14BrClN2O/c1-21(10-11-2-4-13(18)5-3-11)17(22)16-9-12-8-14(19)6-7-15(12)20-16/h2-9,20H,10H2,1H3. The van der Waals surface area contributed by atoms with E-state index in [0.29, 0.717) is 17.3 Å². The lowest BCUT2D eigenvalue weighted by Gasteiger charge is -2.16. The van der Waals surface area contributed by atoms with Gasteiger partial charge >= 0.3 is 0 Å². The first-order valence-corrected chi connectivity index (χ1v) is 7.98. The third-order valence-electron chi connectivity index (χ3n) is 3.49. The summed E-state index contributed by atoms with van der Waals surface area (Å²) in [5.41, 5.74) is 2.56. The maximum Gasteiger partial charge on any atom is 0.270 e. The number of aromatic nitrogens is 1. The minimum absolute atomic E-state index is 0.0461. The third kappa shape index (κ3) is 3.18. The number of carbonyl (C=O) groups is 1. The third-order valence-corrected chi connectivity index (χ3v) is 4.26. The number of aromatic amines is 1.